The number of nitrogens with zero attached hydrogens (tertiary/aromatic N) is 2. The van der Waals surface area contributed by atoms with Gasteiger partial charge in [0, 0.05) is 24.1 Å². The molecule has 1 heterocycles. The Kier molecular flexibility index (Phi) is 6.12. The van der Waals surface area contributed by atoms with Gasteiger partial charge in [-0.05, 0) is 40.5 Å². The van der Waals surface area contributed by atoms with Crippen molar-refractivity contribution < 1.29 is 18.4 Å². The molecule has 6 nitrogen and oxygen atoms in total. The molecule has 2 rings (SSSR count). The fourth-order valence-electron chi connectivity index (χ4n) is 2.24. The van der Waals surface area contributed by atoms with Crippen LogP contribution in [0.25, 0.3) is 0 Å². The monoisotopic (exact) mass is 434 g/mol. The van der Waals surface area contributed by atoms with Crippen molar-refractivity contribution in [3.8, 4) is 0 Å². The van der Waals surface area contributed by atoms with E-state index < -0.39 is 24.7 Å². The largest absolute Gasteiger partial charge is 0.366 e. The summed E-state index contributed by atoms with van der Waals surface area (Å²) >= 11 is 9.02. The van der Waals surface area contributed by atoms with Crippen molar-refractivity contribution in [1.82, 2.24) is 9.78 Å². The van der Waals surface area contributed by atoms with E-state index in [1.54, 1.807) is 13.0 Å². The summed E-state index contributed by atoms with van der Waals surface area (Å²) in [5.41, 5.74) is 6.19. The molecule has 0 unspecified atom stereocenters. The Bertz CT molecular complexity index is 826. The fraction of sp³-hybridized carbons (Fsp3) is 0.267. The fourth-order valence-corrected chi connectivity index (χ4v) is 2.92. The summed E-state index contributed by atoms with van der Waals surface area (Å²) < 4.78 is 26.3. The number of halogens is 4. The van der Waals surface area contributed by atoms with Crippen molar-refractivity contribution in [2.24, 2.45) is 5.73 Å². The molecule has 134 valence electrons. The predicted molar refractivity (Wildman–Crippen MR) is 93.2 cm³/mol. The highest BCUT2D eigenvalue weighted by molar-refractivity contribution is 9.10. The molecular formula is C15H14BrClF2N4O2. The van der Waals surface area contributed by atoms with Gasteiger partial charge >= 0.3 is 0 Å². The lowest BCUT2D eigenvalue weighted by Crippen LogP contribution is -2.22. The van der Waals surface area contributed by atoms with Crippen molar-refractivity contribution in [1.29, 1.82) is 0 Å². The summed E-state index contributed by atoms with van der Waals surface area (Å²) in [4.78, 5) is 24.1. The van der Waals surface area contributed by atoms with Crippen LogP contribution in [0, 0.1) is 6.92 Å². The van der Waals surface area contributed by atoms with Gasteiger partial charge in [0.05, 0.1) is 11.3 Å². The van der Waals surface area contributed by atoms with Crippen molar-refractivity contribution in [2.45, 2.75) is 26.3 Å². The second kappa shape index (κ2) is 7.92. The van der Waals surface area contributed by atoms with Crippen LogP contribution in [0.3, 0.4) is 0 Å². The quantitative estimate of drug-likeness (QED) is 0.726. The van der Waals surface area contributed by atoms with Gasteiger partial charge in [-0.1, -0.05) is 11.6 Å². The first-order valence-electron chi connectivity index (χ1n) is 7.12. The number of hydrogen-bond donors (Lipinski definition) is 2. The van der Waals surface area contributed by atoms with Crippen LogP contribution in [0.2, 0.25) is 5.02 Å². The summed E-state index contributed by atoms with van der Waals surface area (Å²) in [6, 6.07) is 4.31. The summed E-state index contributed by atoms with van der Waals surface area (Å²) in [5.74, 6) is -1.37. The number of hydrogen-bond acceptors (Lipinski definition) is 3. The van der Waals surface area contributed by atoms with Crippen LogP contribution < -0.4 is 11.1 Å². The number of aromatic nitrogens is 2. The second-order valence-corrected chi connectivity index (χ2v) is 6.47. The van der Waals surface area contributed by atoms with Crippen molar-refractivity contribution in [3.05, 3.63) is 44.6 Å². The molecule has 0 aliphatic heterocycles. The number of benzene rings is 1. The van der Waals surface area contributed by atoms with Crippen molar-refractivity contribution in [3.63, 3.8) is 0 Å². The summed E-state index contributed by atoms with van der Waals surface area (Å²) in [5, 5.41) is 6.84. The maximum Gasteiger partial charge on any atom is 0.274 e. The Balaban J connectivity index is 2.34. The number of aryl methyl sites for hydroxylation is 2. The Hall–Kier alpha value is -2.00. The summed E-state index contributed by atoms with van der Waals surface area (Å²) in [6.45, 7) is 1.52. The van der Waals surface area contributed by atoms with Gasteiger partial charge in [-0.3, -0.25) is 14.3 Å². The molecule has 0 spiro atoms. The van der Waals surface area contributed by atoms with E-state index in [-0.39, 0.29) is 23.5 Å². The van der Waals surface area contributed by atoms with Crippen LogP contribution >= 0.6 is 27.5 Å². The van der Waals surface area contributed by atoms with Crippen LogP contribution in [-0.2, 0) is 6.54 Å². The number of primary amides is 1. The molecule has 2 aromatic rings. The lowest BCUT2D eigenvalue weighted by atomic mass is 10.1. The van der Waals surface area contributed by atoms with Gasteiger partial charge in [0.15, 0.2) is 0 Å². The average Bonchev–Trinajstić information content (AvgIpc) is 2.88. The molecule has 0 aliphatic rings. The third-order valence-corrected chi connectivity index (χ3v) is 3.95. The molecule has 0 saturated heterocycles. The van der Waals surface area contributed by atoms with Crippen LogP contribution in [0.15, 0.2) is 22.8 Å². The van der Waals surface area contributed by atoms with E-state index in [0.717, 1.165) is 0 Å². The first kappa shape index (κ1) is 19.3. The zero-order chi connectivity index (χ0) is 18.7. The Labute approximate surface area is 155 Å². The number of anilines is 1. The van der Waals surface area contributed by atoms with Gasteiger partial charge in [0.2, 0.25) is 6.43 Å². The van der Waals surface area contributed by atoms with Gasteiger partial charge < -0.3 is 11.1 Å². The minimum atomic E-state index is -2.51. The minimum absolute atomic E-state index is 0.0519. The van der Waals surface area contributed by atoms with Gasteiger partial charge in [-0.2, -0.15) is 5.10 Å². The van der Waals surface area contributed by atoms with Crippen LogP contribution in [0.5, 0.6) is 0 Å². The van der Waals surface area contributed by atoms with E-state index in [0.29, 0.717) is 15.2 Å². The third-order valence-electron chi connectivity index (χ3n) is 3.35. The molecule has 10 heteroatoms. The SMILES string of the molecule is Cc1cc(Cl)cc(C(N)=O)c1NC(=O)c1cc(Br)nn1CCC(F)F. The van der Waals surface area contributed by atoms with Crippen molar-refractivity contribution >= 4 is 45.0 Å². The number of alkyl halides is 2. The van der Waals surface area contributed by atoms with E-state index in [1.807, 2.05) is 0 Å². The Morgan fingerprint density at radius 2 is 2.08 bits per heavy atom. The first-order valence-corrected chi connectivity index (χ1v) is 8.29. The number of amides is 2. The molecule has 0 aliphatic carbocycles. The number of carbonyl (C=O) groups excluding carboxylic acids is 2. The predicted octanol–water partition coefficient (Wildman–Crippen LogP) is 3.61. The molecule has 0 saturated carbocycles. The van der Waals surface area contributed by atoms with Gasteiger partial charge in [0.1, 0.15) is 10.3 Å². The molecule has 0 atom stereocenters. The molecule has 0 fully saturated rings. The summed E-state index contributed by atoms with van der Waals surface area (Å²) in [7, 11) is 0. The van der Waals surface area contributed by atoms with E-state index >= 15 is 0 Å². The molecule has 0 radical (unpaired) electrons. The van der Waals surface area contributed by atoms with Crippen molar-refractivity contribution in [2.75, 3.05) is 5.32 Å². The van der Waals surface area contributed by atoms with E-state index in [2.05, 4.69) is 26.3 Å². The van der Waals surface area contributed by atoms with Gasteiger partial charge in [-0.25, -0.2) is 8.78 Å². The van der Waals surface area contributed by atoms with E-state index in [4.69, 9.17) is 17.3 Å². The lowest BCUT2D eigenvalue weighted by molar-refractivity contribution is 0.100. The molecule has 1 aromatic carbocycles. The molecule has 1 aromatic heterocycles. The zero-order valence-corrected chi connectivity index (χ0v) is 15.4. The highest BCUT2D eigenvalue weighted by atomic mass is 79.9. The summed E-state index contributed by atoms with van der Waals surface area (Å²) in [6.07, 6.45) is -2.96. The average molecular weight is 436 g/mol. The van der Waals surface area contributed by atoms with Gasteiger partial charge in [0.25, 0.3) is 11.8 Å². The standard InChI is InChI=1S/C15H14BrClF2N4O2/c1-7-4-8(17)5-9(14(20)24)13(7)21-15(25)10-6-11(16)22-23(10)3-2-12(18)19/h4-6,12H,2-3H2,1H3,(H2,20,24)(H,21,25). The normalized spacial score (nSPS) is 11.0. The molecule has 0 bridgehead atoms. The van der Waals surface area contributed by atoms with Crippen LogP contribution in [0.4, 0.5) is 14.5 Å². The lowest BCUT2D eigenvalue weighted by Gasteiger charge is -2.13. The molecule has 25 heavy (non-hydrogen) atoms. The third kappa shape index (κ3) is 4.76. The smallest absolute Gasteiger partial charge is 0.274 e. The highest BCUT2D eigenvalue weighted by Gasteiger charge is 2.20. The zero-order valence-electron chi connectivity index (χ0n) is 13.0. The second-order valence-electron chi connectivity index (χ2n) is 5.22. The number of rotatable bonds is 6. The number of nitrogens with two attached hydrogens (primary N) is 1. The Morgan fingerprint density at radius 3 is 2.68 bits per heavy atom. The number of nitrogens with one attached hydrogen (secondary N) is 1. The van der Waals surface area contributed by atoms with Crippen LogP contribution in [0.1, 0.15) is 32.8 Å². The highest BCUT2D eigenvalue weighted by Crippen LogP contribution is 2.26. The molecule has 3 N–H and O–H groups in total. The molecule has 2 amide bonds. The minimum Gasteiger partial charge on any atom is -0.366 e. The van der Waals surface area contributed by atoms with E-state index in [9.17, 15) is 18.4 Å². The molecular weight excluding hydrogens is 422 g/mol. The van der Waals surface area contributed by atoms with Crippen LogP contribution in [-0.4, -0.2) is 28.0 Å². The number of carbonyl (C=O) groups is 2. The topological polar surface area (TPSA) is 90.0 Å². The maximum atomic E-state index is 12.5. The maximum absolute atomic E-state index is 12.5. The van der Waals surface area contributed by atoms with E-state index in [1.165, 1.54) is 16.8 Å². The Morgan fingerprint density at radius 1 is 1.40 bits per heavy atom. The first-order chi connectivity index (χ1) is 11.7. The van der Waals surface area contributed by atoms with Gasteiger partial charge in [-0.15, -0.1) is 0 Å².